The second-order valence-electron chi connectivity index (χ2n) is 3.71. The number of ether oxygens (including phenoxy) is 2. The lowest BCUT2D eigenvalue weighted by molar-refractivity contribution is 0.405. The standard InChI is InChI=1S/C12H11ClIN3O3/c1-19-8-4-7(9(20-2)3-6(8)13)17-11-10(14)12(18)16-5-15-11/h3-5H,1-2H3,(H2,15,16,17,18). The van der Waals surface area contributed by atoms with Gasteiger partial charge in [0.15, 0.2) is 5.82 Å². The van der Waals surface area contributed by atoms with E-state index in [1.54, 1.807) is 12.1 Å². The molecule has 0 saturated heterocycles. The molecular formula is C12H11ClIN3O3. The molecule has 0 unspecified atom stereocenters. The number of anilines is 2. The summed E-state index contributed by atoms with van der Waals surface area (Å²) in [5.41, 5.74) is 0.382. The molecule has 6 nitrogen and oxygen atoms in total. The third-order valence-electron chi connectivity index (χ3n) is 2.52. The normalized spacial score (nSPS) is 10.2. The number of rotatable bonds is 4. The van der Waals surface area contributed by atoms with Crippen LogP contribution in [0.4, 0.5) is 11.5 Å². The maximum absolute atomic E-state index is 11.5. The van der Waals surface area contributed by atoms with Crippen molar-refractivity contribution < 1.29 is 9.47 Å². The van der Waals surface area contributed by atoms with Gasteiger partial charge in [-0.25, -0.2) is 4.98 Å². The first-order chi connectivity index (χ1) is 9.56. The van der Waals surface area contributed by atoms with Gasteiger partial charge in [-0.15, -0.1) is 0 Å². The molecule has 8 heteroatoms. The summed E-state index contributed by atoms with van der Waals surface area (Å²) >= 11 is 7.95. The van der Waals surface area contributed by atoms with Gasteiger partial charge in [0, 0.05) is 12.1 Å². The van der Waals surface area contributed by atoms with Crippen LogP contribution in [0.25, 0.3) is 0 Å². The number of hydrogen-bond donors (Lipinski definition) is 2. The number of benzene rings is 1. The summed E-state index contributed by atoms with van der Waals surface area (Å²) in [6, 6.07) is 3.31. The van der Waals surface area contributed by atoms with Crippen molar-refractivity contribution in [3.8, 4) is 11.5 Å². The molecule has 0 saturated carbocycles. The number of nitrogens with one attached hydrogen (secondary N) is 2. The Hall–Kier alpha value is -1.48. The van der Waals surface area contributed by atoms with Crippen LogP contribution < -0.4 is 20.3 Å². The third kappa shape index (κ3) is 2.98. The summed E-state index contributed by atoms with van der Waals surface area (Å²) in [6.45, 7) is 0. The number of hydrogen-bond acceptors (Lipinski definition) is 5. The van der Waals surface area contributed by atoms with E-state index < -0.39 is 0 Å². The molecule has 0 fully saturated rings. The molecule has 1 aromatic carbocycles. The topological polar surface area (TPSA) is 76.2 Å². The Morgan fingerprint density at radius 3 is 2.65 bits per heavy atom. The van der Waals surface area contributed by atoms with Crippen molar-refractivity contribution >= 4 is 45.7 Å². The summed E-state index contributed by atoms with van der Waals surface area (Å²) in [6.07, 6.45) is 1.33. The van der Waals surface area contributed by atoms with Crippen LogP contribution in [-0.4, -0.2) is 24.2 Å². The summed E-state index contributed by atoms with van der Waals surface area (Å²) in [4.78, 5) is 18.1. The Morgan fingerprint density at radius 2 is 2.00 bits per heavy atom. The highest BCUT2D eigenvalue weighted by molar-refractivity contribution is 14.1. The summed E-state index contributed by atoms with van der Waals surface area (Å²) < 4.78 is 10.9. The van der Waals surface area contributed by atoms with Crippen LogP contribution in [0.3, 0.4) is 0 Å². The Bertz CT molecular complexity index is 690. The molecule has 0 amide bonds. The lowest BCUT2D eigenvalue weighted by Gasteiger charge is -2.13. The maximum atomic E-state index is 11.5. The molecule has 2 aromatic rings. The summed E-state index contributed by atoms with van der Waals surface area (Å²) in [7, 11) is 3.05. The highest BCUT2D eigenvalue weighted by Crippen LogP contribution is 2.37. The Morgan fingerprint density at radius 1 is 1.30 bits per heavy atom. The Balaban J connectivity index is 2.47. The van der Waals surface area contributed by atoms with Crippen molar-refractivity contribution in [1.29, 1.82) is 0 Å². The van der Waals surface area contributed by atoms with Gasteiger partial charge in [0.1, 0.15) is 15.1 Å². The van der Waals surface area contributed by atoms with Crippen molar-refractivity contribution in [3.63, 3.8) is 0 Å². The first-order valence-electron chi connectivity index (χ1n) is 5.48. The van der Waals surface area contributed by atoms with Crippen molar-refractivity contribution in [2.75, 3.05) is 19.5 Å². The molecule has 0 aliphatic carbocycles. The molecule has 0 atom stereocenters. The molecule has 2 N–H and O–H groups in total. The van der Waals surface area contributed by atoms with Gasteiger partial charge in [0.2, 0.25) is 0 Å². The van der Waals surface area contributed by atoms with E-state index in [2.05, 4.69) is 15.3 Å². The highest BCUT2D eigenvalue weighted by atomic mass is 127. The number of nitrogens with zero attached hydrogens (tertiary/aromatic N) is 1. The van der Waals surface area contributed by atoms with E-state index in [0.29, 0.717) is 31.6 Å². The molecular weight excluding hydrogens is 397 g/mol. The van der Waals surface area contributed by atoms with Gasteiger partial charge in [0.05, 0.1) is 31.3 Å². The van der Waals surface area contributed by atoms with E-state index in [-0.39, 0.29) is 5.56 Å². The quantitative estimate of drug-likeness (QED) is 0.762. The molecule has 0 bridgehead atoms. The number of H-pyrrole nitrogens is 1. The monoisotopic (exact) mass is 407 g/mol. The third-order valence-corrected chi connectivity index (χ3v) is 3.82. The largest absolute Gasteiger partial charge is 0.495 e. The van der Waals surface area contributed by atoms with Crippen LogP contribution in [0, 0.1) is 3.57 Å². The van der Waals surface area contributed by atoms with E-state index in [9.17, 15) is 4.79 Å². The van der Waals surface area contributed by atoms with Crippen molar-refractivity contribution in [1.82, 2.24) is 9.97 Å². The number of methoxy groups -OCH3 is 2. The van der Waals surface area contributed by atoms with E-state index in [1.165, 1.54) is 20.5 Å². The fraction of sp³-hybridized carbons (Fsp3) is 0.167. The van der Waals surface area contributed by atoms with Crippen LogP contribution in [-0.2, 0) is 0 Å². The zero-order chi connectivity index (χ0) is 14.7. The van der Waals surface area contributed by atoms with Crippen molar-refractivity contribution in [2.45, 2.75) is 0 Å². The Kier molecular flexibility index (Phi) is 4.71. The van der Waals surface area contributed by atoms with Gasteiger partial charge >= 0.3 is 0 Å². The predicted octanol–water partition coefficient (Wildman–Crippen LogP) is 2.79. The van der Waals surface area contributed by atoms with Crippen LogP contribution in [0.2, 0.25) is 5.02 Å². The molecule has 106 valence electrons. The molecule has 1 aromatic heterocycles. The first-order valence-corrected chi connectivity index (χ1v) is 6.94. The SMILES string of the molecule is COc1cc(Nc2nc[nH]c(=O)c2I)c(OC)cc1Cl. The lowest BCUT2D eigenvalue weighted by atomic mass is 10.2. The molecule has 0 aliphatic rings. The first kappa shape index (κ1) is 14.9. The predicted molar refractivity (Wildman–Crippen MR) is 85.4 cm³/mol. The van der Waals surface area contributed by atoms with Gasteiger partial charge < -0.3 is 19.8 Å². The van der Waals surface area contributed by atoms with Gasteiger partial charge in [0.25, 0.3) is 5.56 Å². The summed E-state index contributed by atoms with van der Waals surface area (Å²) in [5.74, 6) is 1.44. The second-order valence-corrected chi connectivity index (χ2v) is 5.19. The fourth-order valence-electron chi connectivity index (χ4n) is 1.56. The number of aromatic amines is 1. The highest BCUT2D eigenvalue weighted by Gasteiger charge is 2.13. The lowest BCUT2D eigenvalue weighted by Crippen LogP contribution is -2.13. The van der Waals surface area contributed by atoms with Crippen LogP contribution in [0.15, 0.2) is 23.3 Å². The maximum Gasteiger partial charge on any atom is 0.266 e. The van der Waals surface area contributed by atoms with Gasteiger partial charge in [-0.05, 0) is 22.6 Å². The zero-order valence-corrected chi connectivity index (χ0v) is 13.6. The minimum Gasteiger partial charge on any atom is -0.495 e. The van der Waals surface area contributed by atoms with Crippen molar-refractivity contribution in [3.05, 3.63) is 37.4 Å². The van der Waals surface area contributed by atoms with Crippen LogP contribution in [0.5, 0.6) is 11.5 Å². The van der Waals surface area contributed by atoms with E-state index in [4.69, 9.17) is 21.1 Å². The van der Waals surface area contributed by atoms with Gasteiger partial charge in [-0.2, -0.15) is 0 Å². The minimum atomic E-state index is -0.219. The van der Waals surface area contributed by atoms with Crippen LogP contribution >= 0.6 is 34.2 Å². The van der Waals surface area contributed by atoms with E-state index in [1.807, 2.05) is 22.6 Å². The van der Waals surface area contributed by atoms with Gasteiger partial charge in [-0.1, -0.05) is 11.6 Å². The molecule has 0 aliphatic heterocycles. The molecule has 0 radical (unpaired) electrons. The smallest absolute Gasteiger partial charge is 0.266 e. The average molecular weight is 408 g/mol. The Labute approximate surface area is 133 Å². The fourth-order valence-corrected chi connectivity index (χ4v) is 2.22. The van der Waals surface area contributed by atoms with E-state index >= 15 is 0 Å². The van der Waals surface area contributed by atoms with Crippen molar-refractivity contribution in [2.24, 2.45) is 0 Å². The van der Waals surface area contributed by atoms with Gasteiger partial charge in [-0.3, -0.25) is 4.79 Å². The number of halogens is 2. The summed E-state index contributed by atoms with van der Waals surface area (Å²) in [5, 5.41) is 3.47. The number of aromatic nitrogens is 2. The average Bonchev–Trinajstić information content (AvgIpc) is 2.45. The molecule has 0 spiro atoms. The minimum absolute atomic E-state index is 0.219. The second kappa shape index (κ2) is 6.31. The molecule has 20 heavy (non-hydrogen) atoms. The molecule has 2 rings (SSSR count). The van der Waals surface area contributed by atoms with E-state index in [0.717, 1.165) is 0 Å². The zero-order valence-electron chi connectivity index (χ0n) is 10.7. The molecule has 1 heterocycles. The van der Waals surface area contributed by atoms with Crippen LogP contribution in [0.1, 0.15) is 0 Å².